The van der Waals surface area contributed by atoms with E-state index in [1.165, 1.54) is 0 Å². The van der Waals surface area contributed by atoms with E-state index in [1.807, 2.05) is 6.08 Å². The standard InChI is InChI=1S/C11H19NO5/c1-7-15-6-8(13)11(17-7)10-9(14-3)4-5-16-12(10)2/h4,7-8,10-11,13H,5-6H2,1-3H3/t7-,8-,10-,11-/m1/s1. The Kier molecular flexibility index (Phi) is 4.01. The Balaban J connectivity index is 2.17. The monoisotopic (exact) mass is 245 g/mol. The molecule has 6 heteroatoms. The van der Waals surface area contributed by atoms with Gasteiger partial charge in [0, 0.05) is 7.05 Å². The minimum Gasteiger partial charge on any atom is -0.499 e. The molecule has 0 spiro atoms. The molecule has 2 aliphatic rings. The van der Waals surface area contributed by atoms with Gasteiger partial charge in [0.1, 0.15) is 24.0 Å². The summed E-state index contributed by atoms with van der Waals surface area (Å²) < 4.78 is 16.2. The summed E-state index contributed by atoms with van der Waals surface area (Å²) in [4.78, 5) is 5.40. The Hall–Kier alpha value is -0.660. The van der Waals surface area contributed by atoms with Gasteiger partial charge in [-0.3, -0.25) is 4.84 Å². The molecule has 1 fully saturated rings. The first-order chi connectivity index (χ1) is 8.13. The van der Waals surface area contributed by atoms with Gasteiger partial charge in [0.25, 0.3) is 0 Å². The van der Waals surface area contributed by atoms with Crippen LogP contribution in [0.1, 0.15) is 6.92 Å². The minimum atomic E-state index is -0.695. The van der Waals surface area contributed by atoms with Gasteiger partial charge in [-0.05, 0) is 13.0 Å². The van der Waals surface area contributed by atoms with E-state index in [9.17, 15) is 5.11 Å². The van der Waals surface area contributed by atoms with Crippen molar-refractivity contribution in [1.29, 1.82) is 0 Å². The molecule has 2 heterocycles. The van der Waals surface area contributed by atoms with Crippen LogP contribution in [-0.2, 0) is 19.0 Å². The smallest absolute Gasteiger partial charge is 0.155 e. The number of likely N-dealkylation sites (N-methyl/N-ethyl adjacent to an activating group) is 1. The molecular weight excluding hydrogens is 226 g/mol. The Morgan fingerprint density at radius 2 is 2.29 bits per heavy atom. The van der Waals surface area contributed by atoms with E-state index >= 15 is 0 Å². The molecule has 1 N–H and O–H groups in total. The largest absolute Gasteiger partial charge is 0.499 e. The van der Waals surface area contributed by atoms with E-state index in [-0.39, 0.29) is 18.9 Å². The number of aliphatic hydroxyl groups excluding tert-OH is 1. The summed E-state index contributed by atoms with van der Waals surface area (Å²) in [6.45, 7) is 2.52. The van der Waals surface area contributed by atoms with Crippen molar-refractivity contribution in [2.45, 2.75) is 31.5 Å². The molecule has 2 aliphatic heterocycles. The van der Waals surface area contributed by atoms with E-state index in [1.54, 1.807) is 26.1 Å². The maximum Gasteiger partial charge on any atom is 0.155 e. The highest BCUT2D eigenvalue weighted by Gasteiger charge is 2.41. The van der Waals surface area contributed by atoms with Crippen LogP contribution >= 0.6 is 0 Å². The summed E-state index contributed by atoms with van der Waals surface area (Å²) >= 11 is 0. The van der Waals surface area contributed by atoms with Gasteiger partial charge in [-0.2, -0.15) is 5.06 Å². The third-order valence-corrected chi connectivity index (χ3v) is 3.02. The summed E-state index contributed by atoms with van der Waals surface area (Å²) in [6, 6.07) is -0.255. The zero-order valence-corrected chi connectivity index (χ0v) is 10.3. The molecule has 0 amide bonds. The molecule has 6 nitrogen and oxygen atoms in total. The third kappa shape index (κ3) is 2.61. The first kappa shape index (κ1) is 12.8. The summed E-state index contributed by atoms with van der Waals surface area (Å²) in [5, 5.41) is 11.6. The van der Waals surface area contributed by atoms with Crippen LogP contribution in [0.4, 0.5) is 0 Å². The number of hydrogen-bond donors (Lipinski definition) is 1. The molecule has 0 aromatic rings. The lowest BCUT2D eigenvalue weighted by Gasteiger charge is -2.41. The van der Waals surface area contributed by atoms with Gasteiger partial charge in [-0.25, -0.2) is 0 Å². The van der Waals surface area contributed by atoms with Crippen LogP contribution in [-0.4, -0.2) is 62.1 Å². The van der Waals surface area contributed by atoms with Crippen LogP contribution in [0.25, 0.3) is 0 Å². The second kappa shape index (κ2) is 5.32. The van der Waals surface area contributed by atoms with Crippen LogP contribution in [0.3, 0.4) is 0 Å². The predicted octanol–water partition coefficient (Wildman–Crippen LogP) is -0.115. The zero-order valence-electron chi connectivity index (χ0n) is 10.3. The van der Waals surface area contributed by atoms with Crippen molar-refractivity contribution in [3.05, 3.63) is 11.8 Å². The number of methoxy groups -OCH3 is 1. The van der Waals surface area contributed by atoms with E-state index in [0.29, 0.717) is 6.61 Å². The molecule has 0 unspecified atom stereocenters. The van der Waals surface area contributed by atoms with Crippen molar-refractivity contribution in [1.82, 2.24) is 5.06 Å². The molecule has 0 aliphatic carbocycles. The van der Waals surface area contributed by atoms with Crippen LogP contribution in [0.2, 0.25) is 0 Å². The van der Waals surface area contributed by atoms with Gasteiger partial charge in [0.15, 0.2) is 6.29 Å². The summed E-state index contributed by atoms with van der Waals surface area (Å²) in [5.74, 6) is 0.747. The quantitative estimate of drug-likeness (QED) is 0.732. The molecule has 0 bridgehead atoms. The number of nitrogens with zero attached hydrogens (tertiary/aromatic N) is 1. The Morgan fingerprint density at radius 3 is 3.00 bits per heavy atom. The number of hydroxylamine groups is 2. The topological polar surface area (TPSA) is 60.4 Å². The lowest BCUT2D eigenvalue weighted by molar-refractivity contribution is -0.282. The number of ether oxygens (including phenoxy) is 3. The molecule has 2 rings (SSSR count). The molecule has 98 valence electrons. The van der Waals surface area contributed by atoms with Crippen molar-refractivity contribution >= 4 is 0 Å². The van der Waals surface area contributed by atoms with Gasteiger partial charge in [-0.1, -0.05) is 0 Å². The van der Waals surface area contributed by atoms with E-state index in [4.69, 9.17) is 19.0 Å². The predicted molar refractivity (Wildman–Crippen MR) is 58.9 cm³/mol. The molecule has 0 saturated carbocycles. The molecule has 17 heavy (non-hydrogen) atoms. The van der Waals surface area contributed by atoms with E-state index in [0.717, 1.165) is 5.76 Å². The van der Waals surface area contributed by atoms with Crippen molar-refractivity contribution in [2.75, 3.05) is 27.4 Å². The van der Waals surface area contributed by atoms with Crippen LogP contribution in [0.15, 0.2) is 11.8 Å². The van der Waals surface area contributed by atoms with Crippen LogP contribution < -0.4 is 0 Å². The van der Waals surface area contributed by atoms with Crippen molar-refractivity contribution < 1.29 is 24.2 Å². The molecule has 0 radical (unpaired) electrons. The average molecular weight is 245 g/mol. The highest BCUT2D eigenvalue weighted by molar-refractivity contribution is 5.10. The zero-order chi connectivity index (χ0) is 12.4. The van der Waals surface area contributed by atoms with Gasteiger partial charge in [-0.15, -0.1) is 0 Å². The number of aliphatic hydroxyl groups is 1. The fraction of sp³-hybridized carbons (Fsp3) is 0.818. The Bertz CT molecular complexity index is 296. The van der Waals surface area contributed by atoms with Gasteiger partial charge in [0.05, 0.1) is 20.3 Å². The van der Waals surface area contributed by atoms with Gasteiger partial charge in [0.2, 0.25) is 0 Å². The summed E-state index contributed by atoms with van der Waals surface area (Å²) in [5.41, 5.74) is 0. The van der Waals surface area contributed by atoms with Crippen molar-refractivity contribution in [2.24, 2.45) is 0 Å². The first-order valence-corrected chi connectivity index (χ1v) is 5.68. The summed E-state index contributed by atoms with van der Waals surface area (Å²) in [7, 11) is 3.40. The van der Waals surface area contributed by atoms with Gasteiger partial charge < -0.3 is 19.3 Å². The van der Waals surface area contributed by atoms with Crippen LogP contribution in [0, 0.1) is 0 Å². The molecular formula is C11H19NO5. The minimum absolute atomic E-state index is 0.255. The maximum atomic E-state index is 9.96. The van der Waals surface area contributed by atoms with Gasteiger partial charge >= 0.3 is 0 Å². The Labute approximate surface area is 101 Å². The number of rotatable bonds is 2. The maximum absolute atomic E-state index is 9.96. The number of hydrogen-bond acceptors (Lipinski definition) is 6. The lowest BCUT2D eigenvalue weighted by Crippen LogP contribution is -2.56. The Morgan fingerprint density at radius 1 is 1.53 bits per heavy atom. The van der Waals surface area contributed by atoms with E-state index < -0.39 is 12.2 Å². The molecule has 4 atom stereocenters. The van der Waals surface area contributed by atoms with Crippen molar-refractivity contribution in [3.8, 4) is 0 Å². The first-order valence-electron chi connectivity index (χ1n) is 5.68. The van der Waals surface area contributed by atoms with E-state index in [2.05, 4.69) is 0 Å². The molecule has 1 saturated heterocycles. The summed E-state index contributed by atoms with van der Waals surface area (Å²) in [6.07, 6.45) is 0.395. The molecule has 0 aromatic heterocycles. The fourth-order valence-corrected chi connectivity index (χ4v) is 2.16. The second-order valence-corrected chi connectivity index (χ2v) is 4.17. The SMILES string of the molecule is COC1=CCON(C)[C@H]1[C@@H]1O[C@H](C)OC[C@H]1O. The average Bonchev–Trinajstić information content (AvgIpc) is 2.32. The molecule has 0 aromatic carbocycles. The van der Waals surface area contributed by atoms with Crippen molar-refractivity contribution in [3.63, 3.8) is 0 Å². The lowest BCUT2D eigenvalue weighted by atomic mass is 10.0. The third-order valence-electron chi connectivity index (χ3n) is 3.02. The fourth-order valence-electron chi connectivity index (χ4n) is 2.16. The van der Waals surface area contributed by atoms with Crippen LogP contribution in [0.5, 0.6) is 0 Å². The highest BCUT2D eigenvalue weighted by Crippen LogP contribution is 2.26. The highest BCUT2D eigenvalue weighted by atomic mass is 16.7. The second-order valence-electron chi connectivity index (χ2n) is 4.17. The normalized spacial score (nSPS) is 39.9.